The van der Waals surface area contributed by atoms with Crippen molar-refractivity contribution < 1.29 is 8.42 Å². The third-order valence-corrected chi connectivity index (χ3v) is 5.89. The predicted octanol–water partition coefficient (Wildman–Crippen LogP) is 1.59. The SMILES string of the molecule is Nc1cc(Cl)c(Cl)c(-c2nnnn2C2CCS(=O)(=O)C2)c1. The highest BCUT2D eigenvalue weighted by Gasteiger charge is 2.32. The van der Waals surface area contributed by atoms with E-state index in [-0.39, 0.29) is 22.6 Å². The number of hydrogen-bond acceptors (Lipinski definition) is 6. The fourth-order valence-corrected chi connectivity index (χ4v) is 4.47. The molecule has 0 aliphatic carbocycles. The van der Waals surface area contributed by atoms with Gasteiger partial charge in [-0.15, -0.1) is 5.10 Å². The number of benzene rings is 1. The summed E-state index contributed by atoms with van der Waals surface area (Å²) in [5.74, 6) is 0.498. The maximum atomic E-state index is 11.6. The molecule has 3 rings (SSSR count). The third kappa shape index (κ3) is 2.70. The Balaban J connectivity index is 2.08. The number of aromatic nitrogens is 4. The van der Waals surface area contributed by atoms with Gasteiger partial charge in [0.15, 0.2) is 15.7 Å². The van der Waals surface area contributed by atoms with Gasteiger partial charge >= 0.3 is 0 Å². The normalized spacial score (nSPS) is 20.8. The van der Waals surface area contributed by atoms with E-state index in [2.05, 4.69) is 15.5 Å². The number of sulfone groups is 1. The molecule has 1 aliphatic heterocycles. The molecule has 21 heavy (non-hydrogen) atoms. The highest BCUT2D eigenvalue weighted by atomic mass is 35.5. The zero-order valence-corrected chi connectivity index (χ0v) is 13.0. The van der Waals surface area contributed by atoms with Crippen molar-refractivity contribution in [3.63, 3.8) is 0 Å². The summed E-state index contributed by atoms with van der Waals surface area (Å²) in [5.41, 5.74) is 6.67. The Bertz CT molecular complexity index is 805. The van der Waals surface area contributed by atoms with Crippen molar-refractivity contribution in [3.8, 4) is 11.4 Å². The Morgan fingerprint density at radius 2 is 2.10 bits per heavy atom. The van der Waals surface area contributed by atoms with E-state index in [1.165, 1.54) is 10.7 Å². The van der Waals surface area contributed by atoms with Gasteiger partial charge < -0.3 is 5.73 Å². The lowest BCUT2D eigenvalue weighted by Gasteiger charge is -2.12. The van der Waals surface area contributed by atoms with E-state index in [9.17, 15) is 8.42 Å². The van der Waals surface area contributed by atoms with Crippen LogP contribution in [0.4, 0.5) is 5.69 Å². The van der Waals surface area contributed by atoms with Crippen LogP contribution in [0.3, 0.4) is 0 Å². The lowest BCUT2D eigenvalue weighted by Crippen LogP contribution is -2.14. The van der Waals surface area contributed by atoms with Crippen LogP contribution in [0.1, 0.15) is 12.5 Å². The largest absolute Gasteiger partial charge is 0.399 e. The predicted molar refractivity (Wildman–Crippen MR) is 80.0 cm³/mol. The van der Waals surface area contributed by atoms with Crippen LogP contribution in [0, 0.1) is 0 Å². The molecule has 1 atom stereocenters. The summed E-state index contributed by atoms with van der Waals surface area (Å²) in [4.78, 5) is 0. The fourth-order valence-electron chi connectivity index (χ4n) is 2.36. The van der Waals surface area contributed by atoms with E-state index >= 15 is 0 Å². The maximum Gasteiger partial charge on any atom is 0.183 e. The van der Waals surface area contributed by atoms with Crippen molar-refractivity contribution in [1.29, 1.82) is 0 Å². The van der Waals surface area contributed by atoms with E-state index < -0.39 is 9.84 Å². The van der Waals surface area contributed by atoms with Crippen molar-refractivity contribution in [2.75, 3.05) is 17.2 Å². The summed E-state index contributed by atoms with van der Waals surface area (Å²) in [6.07, 6.45) is 0.466. The Morgan fingerprint density at radius 1 is 1.33 bits per heavy atom. The van der Waals surface area contributed by atoms with Crippen molar-refractivity contribution in [2.24, 2.45) is 0 Å². The van der Waals surface area contributed by atoms with Gasteiger partial charge in [-0.3, -0.25) is 0 Å². The van der Waals surface area contributed by atoms with Crippen LogP contribution in [0.15, 0.2) is 12.1 Å². The van der Waals surface area contributed by atoms with Gasteiger partial charge in [0.1, 0.15) is 0 Å². The van der Waals surface area contributed by atoms with Gasteiger partial charge in [-0.25, -0.2) is 13.1 Å². The molecule has 1 unspecified atom stereocenters. The minimum Gasteiger partial charge on any atom is -0.399 e. The minimum absolute atomic E-state index is 0.0126. The van der Waals surface area contributed by atoms with Crippen LogP contribution in [0.25, 0.3) is 11.4 Å². The summed E-state index contributed by atoms with van der Waals surface area (Å²) < 4.78 is 24.7. The Labute approximate surface area is 130 Å². The highest BCUT2D eigenvalue weighted by Crippen LogP contribution is 2.36. The van der Waals surface area contributed by atoms with E-state index in [1.54, 1.807) is 6.07 Å². The third-order valence-electron chi connectivity index (χ3n) is 3.34. The first-order valence-electron chi connectivity index (χ1n) is 6.10. The molecule has 0 spiro atoms. The molecule has 0 radical (unpaired) electrons. The van der Waals surface area contributed by atoms with Gasteiger partial charge in [-0.1, -0.05) is 23.2 Å². The molecule has 2 aromatic rings. The number of halogens is 2. The number of hydrogen-bond donors (Lipinski definition) is 1. The van der Waals surface area contributed by atoms with Crippen molar-refractivity contribution in [1.82, 2.24) is 20.2 Å². The molecule has 1 saturated heterocycles. The average Bonchev–Trinajstić information content (AvgIpc) is 2.99. The Kier molecular flexibility index (Phi) is 3.54. The first-order chi connectivity index (χ1) is 9.87. The number of rotatable bonds is 2. The molecule has 1 aliphatic rings. The van der Waals surface area contributed by atoms with Gasteiger partial charge in [0.25, 0.3) is 0 Å². The Hall–Kier alpha value is -1.38. The Morgan fingerprint density at radius 3 is 2.76 bits per heavy atom. The van der Waals surface area contributed by atoms with Crippen LogP contribution in [0.2, 0.25) is 10.0 Å². The van der Waals surface area contributed by atoms with Gasteiger partial charge in [0, 0.05) is 11.3 Å². The van der Waals surface area contributed by atoms with Gasteiger partial charge in [-0.05, 0) is 29.0 Å². The molecule has 0 amide bonds. The molecule has 1 aromatic carbocycles. The first kappa shape index (κ1) is 14.6. The van der Waals surface area contributed by atoms with E-state index in [0.717, 1.165) is 0 Å². The van der Waals surface area contributed by atoms with Crippen LogP contribution in [-0.4, -0.2) is 40.1 Å². The second kappa shape index (κ2) is 5.11. The molecule has 2 N–H and O–H groups in total. The smallest absolute Gasteiger partial charge is 0.183 e. The second-order valence-corrected chi connectivity index (χ2v) is 7.88. The van der Waals surface area contributed by atoms with E-state index in [0.29, 0.717) is 28.5 Å². The summed E-state index contributed by atoms with van der Waals surface area (Å²) in [6, 6.07) is 2.83. The standard InChI is InChI=1S/C11H11Cl2N5O2S/c12-9-4-6(14)3-8(10(9)13)11-15-16-17-18(11)7-1-2-21(19,20)5-7/h3-4,7H,1-2,5,14H2. The molecule has 0 bridgehead atoms. The van der Waals surface area contributed by atoms with E-state index in [1.807, 2.05) is 0 Å². The maximum absolute atomic E-state index is 11.6. The zero-order chi connectivity index (χ0) is 15.2. The number of nitrogens with two attached hydrogens (primary N) is 1. The topological polar surface area (TPSA) is 104 Å². The summed E-state index contributed by atoms with van der Waals surface area (Å²) >= 11 is 12.2. The molecular formula is C11H11Cl2N5O2S. The lowest BCUT2D eigenvalue weighted by molar-refractivity contribution is 0.489. The van der Waals surface area contributed by atoms with Crippen LogP contribution < -0.4 is 5.73 Å². The van der Waals surface area contributed by atoms with Crippen molar-refractivity contribution in [2.45, 2.75) is 12.5 Å². The molecule has 0 saturated carbocycles. The lowest BCUT2D eigenvalue weighted by atomic mass is 10.1. The van der Waals surface area contributed by atoms with Crippen molar-refractivity contribution in [3.05, 3.63) is 22.2 Å². The molecule has 10 heteroatoms. The summed E-state index contributed by atoms with van der Waals surface area (Å²) in [6.45, 7) is 0. The molecule has 7 nitrogen and oxygen atoms in total. The monoisotopic (exact) mass is 347 g/mol. The van der Waals surface area contributed by atoms with Crippen LogP contribution in [0.5, 0.6) is 0 Å². The second-order valence-electron chi connectivity index (χ2n) is 4.87. The fraction of sp³-hybridized carbons (Fsp3) is 0.364. The zero-order valence-electron chi connectivity index (χ0n) is 10.7. The van der Waals surface area contributed by atoms with E-state index in [4.69, 9.17) is 28.9 Å². The number of tetrazole rings is 1. The van der Waals surface area contributed by atoms with Gasteiger partial charge in [-0.2, -0.15) is 0 Å². The highest BCUT2D eigenvalue weighted by molar-refractivity contribution is 7.91. The summed E-state index contributed by atoms with van der Waals surface area (Å²) in [7, 11) is -3.05. The molecule has 1 fully saturated rings. The molecule has 1 aromatic heterocycles. The number of anilines is 1. The average molecular weight is 348 g/mol. The van der Waals surface area contributed by atoms with Gasteiger partial charge in [0.2, 0.25) is 0 Å². The first-order valence-corrected chi connectivity index (χ1v) is 8.68. The summed E-state index contributed by atoms with van der Waals surface area (Å²) in [5, 5.41) is 12.0. The quantitative estimate of drug-likeness (QED) is 0.827. The van der Waals surface area contributed by atoms with Gasteiger partial charge in [0.05, 0.1) is 27.6 Å². The molecule has 2 heterocycles. The van der Waals surface area contributed by atoms with Crippen molar-refractivity contribution >= 4 is 38.7 Å². The minimum atomic E-state index is -3.05. The molecular weight excluding hydrogens is 337 g/mol. The molecule has 112 valence electrons. The van der Waals surface area contributed by atoms with Crippen LogP contribution >= 0.6 is 23.2 Å². The number of nitrogen functional groups attached to an aromatic ring is 1. The van der Waals surface area contributed by atoms with Crippen LogP contribution in [-0.2, 0) is 9.84 Å². The number of nitrogens with zero attached hydrogens (tertiary/aromatic N) is 4.